The smallest absolute Gasteiger partial charge is 0.341 e. The first kappa shape index (κ1) is 15.2. The molecule has 1 fully saturated rings. The quantitative estimate of drug-likeness (QED) is 0.519. The Kier molecular flexibility index (Phi) is 5.34. The molecule has 0 saturated carbocycles. The fourth-order valence-corrected chi connectivity index (χ4v) is 4.24. The van der Waals surface area contributed by atoms with Crippen molar-refractivity contribution < 1.29 is 14.7 Å². The Morgan fingerprint density at radius 1 is 1.15 bits per heavy atom. The van der Waals surface area contributed by atoms with E-state index in [0.29, 0.717) is 9.26 Å². The number of carboxylic acid groups (broad SMARTS) is 1. The average molecular weight is 327 g/mol. The number of rotatable bonds is 4. The van der Waals surface area contributed by atoms with Crippen molar-refractivity contribution in [3.05, 3.63) is 50.7 Å². The van der Waals surface area contributed by atoms with Gasteiger partial charge in [-0.05, 0) is 23.8 Å². The number of hydrogen-bond donors (Lipinski definition) is 1. The summed E-state index contributed by atoms with van der Waals surface area (Å²) in [6, 6.07) is 6.95. The molecule has 3 nitrogen and oxygen atoms in total. The summed E-state index contributed by atoms with van der Waals surface area (Å²) in [5.41, 5.74) is 0.659. The number of hydrogen-bond acceptors (Lipinski definition) is 4. The summed E-state index contributed by atoms with van der Waals surface area (Å²) in [5, 5.41) is 9.79. The molecule has 1 aromatic carbocycles. The fraction of sp³-hybridized carbons (Fsp3) is 0.143. The summed E-state index contributed by atoms with van der Waals surface area (Å²) < 4.78 is 0.600. The second kappa shape index (κ2) is 7.02. The van der Waals surface area contributed by atoms with Crippen LogP contribution in [0.5, 0.6) is 0 Å². The van der Waals surface area contributed by atoms with Gasteiger partial charge in [0.25, 0.3) is 0 Å². The van der Waals surface area contributed by atoms with Gasteiger partial charge in [-0.1, -0.05) is 29.8 Å². The van der Waals surface area contributed by atoms with E-state index in [0.717, 1.165) is 17.1 Å². The minimum absolute atomic E-state index is 0.136. The number of carbonyl (C=O) groups excluding carboxylic acids is 1. The SMILES string of the molecule is O=C(O)C(C(=O)C=Cc1ccc(Cl)cc1)=C1SCCS1. The third kappa shape index (κ3) is 3.91. The van der Waals surface area contributed by atoms with E-state index in [4.69, 9.17) is 11.6 Å². The lowest BCUT2D eigenvalue weighted by Gasteiger charge is -2.01. The normalized spacial score (nSPS) is 14.8. The lowest BCUT2D eigenvalue weighted by atomic mass is 10.1. The van der Waals surface area contributed by atoms with Crippen LogP contribution in [-0.2, 0) is 9.59 Å². The van der Waals surface area contributed by atoms with Gasteiger partial charge in [-0.2, -0.15) is 0 Å². The number of carbonyl (C=O) groups is 2. The van der Waals surface area contributed by atoms with E-state index in [2.05, 4.69) is 0 Å². The van der Waals surface area contributed by atoms with Crippen molar-refractivity contribution in [1.82, 2.24) is 0 Å². The third-order valence-electron chi connectivity index (χ3n) is 2.51. The van der Waals surface area contributed by atoms with Crippen molar-refractivity contribution in [2.24, 2.45) is 0 Å². The van der Waals surface area contributed by atoms with Crippen molar-refractivity contribution in [3.8, 4) is 0 Å². The Balaban J connectivity index is 2.19. The van der Waals surface area contributed by atoms with Crippen LogP contribution in [0.15, 0.2) is 40.2 Å². The van der Waals surface area contributed by atoms with Gasteiger partial charge in [0.05, 0.1) is 4.24 Å². The van der Waals surface area contributed by atoms with Gasteiger partial charge in [0.2, 0.25) is 0 Å². The molecule has 0 aromatic heterocycles. The second-order valence-electron chi connectivity index (χ2n) is 3.91. The van der Waals surface area contributed by atoms with Crippen LogP contribution in [-0.4, -0.2) is 28.4 Å². The molecule has 0 atom stereocenters. The minimum Gasteiger partial charge on any atom is -0.477 e. The molecule has 0 spiro atoms. The number of halogens is 1. The fourth-order valence-electron chi connectivity index (χ4n) is 1.58. The molecule has 1 heterocycles. The summed E-state index contributed by atoms with van der Waals surface area (Å²) >= 11 is 8.61. The average Bonchev–Trinajstić information content (AvgIpc) is 2.91. The van der Waals surface area contributed by atoms with Crippen molar-refractivity contribution in [2.75, 3.05) is 11.5 Å². The Morgan fingerprint density at radius 3 is 2.30 bits per heavy atom. The highest BCUT2D eigenvalue weighted by atomic mass is 35.5. The van der Waals surface area contributed by atoms with Crippen LogP contribution < -0.4 is 0 Å². The maximum Gasteiger partial charge on any atom is 0.341 e. The first-order chi connectivity index (χ1) is 9.58. The molecule has 1 N–H and O–H groups in total. The van der Waals surface area contributed by atoms with Gasteiger partial charge >= 0.3 is 5.97 Å². The van der Waals surface area contributed by atoms with Gasteiger partial charge in [-0.3, -0.25) is 4.79 Å². The molecule has 0 unspecified atom stereocenters. The van der Waals surface area contributed by atoms with Gasteiger partial charge in [-0.25, -0.2) is 4.79 Å². The number of ketones is 1. The van der Waals surface area contributed by atoms with Crippen LogP contribution in [0.2, 0.25) is 5.02 Å². The number of benzene rings is 1. The molecule has 0 aliphatic carbocycles. The Hall–Kier alpha value is -1.17. The van der Waals surface area contributed by atoms with Crippen LogP contribution in [0, 0.1) is 0 Å². The highest BCUT2D eigenvalue weighted by molar-refractivity contribution is 8.25. The van der Waals surface area contributed by atoms with Crippen molar-refractivity contribution in [3.63, 3.8) is 0 Å². The summed E-state index contributed by atoms with van der Waals surface area (Å²) in [4.78, 5) is 23.3. The lowest BCUT2D eigenvalue weighted by molar-refractivity contribution is -0.134. The van der Waals surface area contributed by atoms with Crippen molar-refractivity contribution in [1.29, 1.82) is 0 Å². The number of carboxylic acids is 1. The van der Waals surface area contributed by atoms with Crippen LogP contribution in [0.1, 0.15) is 5.56 Å². The zero-order valence-electron chi connectivity index (χ0n) is 10.3. The van der Waals surface area contributed by atoms with E-state index < -0.39 is 11.8 Å². The van der Waals surface area contributed by atoms with Crippen molar-refractivity contribution in [2.45, 2.75) is 0 Å². The van der Waals surface area contributed by atoms with Crippen LogP contribution >= 0.6 is 35.1 Å². The van der Waals surface area contributed by atoms with Crippen LogP contribution in [0.4, 0.5) is 0 Å². The maximum absolute atomic E-state index is 12.0. The van der Waals surface area contributed by atoms with Gasteiger partial charge in [0.1, 0.15) is 5.57 Å². The maximum atomic E-state index is 12.0. The largest absolute Gasteiger partial charge is 0.477 e. The standard InChI is InChI=1S/C14H11ClO3S2/c15-10-4-1-9(2-5-10)3-6-11(16)12(13(17)18)14-19-7-8-20-14/h1-6H,7-8H2,(H,17,18). The zero-order chi connectivity index (χ0) is 14.5. The molecule has 0 bridgehead atoms. The van der Waals surface area contributed by atoms with Gasteiger partial charge in [0, 0.05) is 16.5 Å². The first-order valence-electron chi connectivity index (χ1n) is 5.79. The molecule has 1 aliphatic rings. The Bertz CT molecular complexity index is 583. The lowest BCUT2D eigenvalue weighted by Crippen LogP contribution is -2.11. The molecule has 6 heteroatoms. The first-order valence-corrected chi connectivity index (χ1v) is 8.14. The van der Waals surface area contributed by atoms with Gasteiger partial charge in [-0.15, -0.1) is 23.5 Å². The van der Waals surface area contributed by atoms with E-state index in [-0.39, 0.29) is 5.57 Å². The van der Waals surface area contributed by atoms with Crippen LogP contribution in [0.25, 0.3) is 6.08 Å². The van der Waals surface area contributed by atoms with E-state index in [1.165, 1.54) is 29.6 Å². The number of aliphatic carboxylic acids is 1. The van der Waals surface area contributed by atoms with Gasteiger partial charge in [0.15, 0.2) is 5.78 Å². The molecule has 20 heavy (non-hydrogen) atoms. The number of allylic oxidation sites excluding steroid dienone is 1. The molecule has 0 amide bonds. The highest BCUT2D eigenvalue weighted by Gasteiger charge is 2.24. The summed E-state index contributed by atoms with van der Waals surface area (Å²) in [5.74, 6) is 0.0210. The molecule has 2 rings (SSSR count). The van der Waals surface area contributed by atoms with Gasteiger partial charge < -0.3 is 5.11 Å². The second-order valence-corrected chi connectivity index (χ2v) is 6.82. The summed E-state index contributed by atoms with van der Waals surface area (Å²) in [6.45, 7) is 0. The van der Waals surface area contributed by atoms with E-state index in [9.17, 15) is 14.7 Å². The summed E-state index contributed by atoms with van der Waals surface area (Å²) in [6.07, 6.45) is 2.88. The predicted octanol–water partition coefficient (Wildman–Crippen LogP) is 3.70. The molecule has 104 valence electrons. The topological polar surface area (TPSA) is 54.4 Å². The molecule has 1 aliphatic heterocycles. The van der Waals surface area contributed by atoms with Crippen LogP contribution in [0.3, 0.4) is 0 Å². The minimum atomic E-state index is -1.17. The molecule has 0 radical (unpaired) electrons. The summed E-state index contributed by atoms with van der Waals surface area (Å²) in [7, 11) is 0. The highest BCUT2D eigenvalue weighted by Crippen LogP contribution is 2.39. The monoisotopic (exact) mass is 326 g/mol. The predicted molar refractivity (Wildman–Crippen MR) is 85.1 cm³/mol. The molecule has 1 aromatic rings. The van der Waals surface area contributed by atoms with E-state index in [1.807, 2.05) is 0 Å². The van der Waals surface area contributed by atoms with E-state index in [1.54, 1.807) is 30.3 Å². The van der Waals surface area contributed by atoms with E-state index >= 15 is 0 Å². The Labute approximate surface area is 130 Å². The molecule has 1 saturated heterocycles. The van der Waals surface area contributed by atoms with Crippen molar-refractivity contribution >= 4 is 53.0 Å². The zero-order valence-corrected chi connectivity index (χ0v) is 12.7. The molecular formula is C14H11ClO3S2. The Morgan fingerprint density at radius 2 is 1.75 bits per heavy atom. The third-order valence-corrected chi connectivity index (χ3v) is 5.48. The molecular weight excluding hydrogens is 316 g/mol. The number of thioether (sulfide) groups is 2.